The van der Waals surface area contributed by atoms with E-state index in [4.69, 9.17) is 9.26 Å². The molecule has 1 aliphatic heterocycles. The molecule has 12 nitrogen and oxygen atoms in total. The number of aryl methyl sites for hydroxylation is 1. The molecule has 5 rings (SSSR count). The van der Waals surface area contributed by atoms with Gasteiger partial charge in [-0.1, -0.05) is 18.1 Å². The van der Waals surface area contributed by atoms with Crippen molar-refractivity contribution in [2.45, 2.75) is 25.4 Å². The third-order valence-electron chi connectivity index (χ3n) is 6.40. The number of rotatable bonds is 4. The average Bonchev–Trinajstić information content (AvgIpc) is 3.47. The van der Waals surface area contributed by atoms with Gasteiger partial charge in [0.25, 0.3) is 11.5 Å². The highest BCUT2D eigenvalue weighted by atomic mass is 16.5. The second-order valence-corrected chi connectivity index (χ2v) is 8.45. The van der Waals surface area contributed by atoms with Gasteiger partial charge in [-0.25, -0.2) is 4.98 Å². The maximum atomic E-state index is 13.0. The first-order valence-electron chi connectivity index (χ1n) is 11.0. The lowest BCUT2D eigenvalue weighted by molar-refractivity contribution is 0.101. The number of aromatic hydroxyl groups is 1. The van der Waals surface area contributed by atoms with Gasteiger partial charge >= 0.3 is 0 Å². The zero-order chi connectivity index (χ0) is 25.6. The lowest BCUT2D eigenvalue weighted by atomic mass is 9.79. The molecule has 1 amide bonds. The molecule has 0 saturated heterocycles. The largest absolute Gasteiger partial charge is 0.501 e. The Morgan fingerprint density at radius 1 is 1.33 bits per heavy atom. The van der Waals surface area contributed by atoms with Crippen LogP contribution in [-0.4, -0.2) is 35.5 Å². The molecule has 1 aromatic carbocycles. The van der Waals surface area contributed by atoms with Gasteiger partial charge in [-0.05, 0) is 12.1 Å². The summed E-state index contributed by atoms with van der Waals surface area (Å²) < 4.78 is 13.7. The van der Waals surface area contributed by atoms with Gasteiger partial charge in [-0.15, -0.1) is 0 Å². The predicted octanol–water partition coefficient (Wildman–Crippen LogP) is 2.16. The van der Waals surface area contributed by atoms with E-state index in [-0.39, 0.29) is 18.1 Å². The predicted molar refractivity (Wildman–Crippen MR) is 125 cm³/mol. The van der Waals surface area contributed by atoms with Gasteiger partial charge in [-0.3, -0.25) is 18.8 Å². The Bertz CT molecular complexity index is 1580. The van der Waals surface area contributed by atoms with Crippen LogP contribution in [0.15, 0.2) is 46.2 Å². The van der Waals surface area contributed by atoms with Crippen molar-refractivity contribution >= 4 is 11.6 Å². The Kier molecular flexibility index (Phi) is 5.52. The Balaban J connectivity index is 1.69. The van der Waals surface area contributed by atoms with E-state index in [9.17, 15) is 20.0 Å². The van der Waals surface area contributed by atoms with Crippen LogP contribution in [0, 0.1) is 11.3 Å². The molecule has 0 bridgehead atoms. The van der Waals surface area contributed by atoms with Crippen LogP contribution in [-0.2, 0) is 20.7 Å². The van der Waals surface area contributed by atoms with E-state index in [0.717, 1.165) is 11.3 Å². The van der Waals surface area contributed by atoms with Gasteiger partial charge in [0.05, 0.1) is 29.7 Å². The molecule has 0 spiro atoms. The summed E-state index contributed by atoms with van der Waals surface area (Å²) in [6, 6.07) is 7.46. The first-order valence-corrected chi connectivity index (χ1v) is 11.0. The Morgan fingerprint density at radius 2 is 2.14 bits per heavy atom. The van der Waals surface area contributed by atoms with Gasteiger partial charge in [-0.2, -0.15) is 10.4 Å². The summed E-state index contributed by atoms with van der Waals surface area (Å²) in [6.45, 7) is 2.08. The molecule has 0 aliphatic carbocycles. The minimum atomic E-state index is -0.800. The summed E-state index contributed by atoms with van der Waals surface area (Å²) in [6.07, 6.45) is 4.19. The number of aromatic nitrogens is 5. The molecular formula is C24H21N7O5. The lowest BCUT2D eigenvalue weighted by Gasteiger charge is -2.26. The fourth-order valence-electron chi connectivity index (χ4n) is 4.60. The number of nitrogens with zero attached hydrogens (tertiary/aromatic N) is 6. The lowest BCUT2D eigenvalue weighted by Crippen LogP contribution is -2.29. The Labute approximate surface area is 204 Å². The minimum absolute atomic E-state index is 0.230. The van der Waals surface area contributed by atoms with E-state index in [0.29, 0.717) is 16.9 Å². The molecule has 0 saturated carbocycles. The van der Waals surface area contributed by atoms with Crippen LogP contribution in [0.25, 0.3) is 0 Å². The normalized spacial score (nSPS) is 15.1. The van der Waals surface area contributed by atoms with Crippen LogP contribution in [0.3, 0.4) is 0 Å². The third-order valence-corrected chi connectivity index (χ3v) is 6.40. The fourth-order valence-corrected chi connectivity index (χ4v) is 4.60. The number of amides is 1. The van der Waals surface area contributed by atoms with E-state index >= 15 is 0 Å². The fraction of sp³-hybridized carbons (Fsp3) is 0.250. The molecule has 2 unspecified atom stereocenters. The maximum absolute atomic E-state index is 13.0. The van der Waals surface area contributed by atoms with Crippen molar-refractivity contribution in [3.8, 4) is 17.6 Å². The quantitative estimate of drug-likeness (QED) is 0.439. The molecular weight excluding hydrogens is 466 g/mol. The molecule has 36 heavy (non-hydrogen) atoms. The zero-order valence-corrected chi connectivity index (χ0v) is 19.6. The summed E-state index contributed by atoms with van der Waals surface area (Å²) in [5.74, 6) is -1.84. The summed E-state index contributed by atoms with van der Waals surface area (Å²) >= 11 is 0. The van der Waals surface area contributed by atoms with Crippen molar-refractivity contribution in [1.29, 1.82) is 5.26 Å². The Morgan fingerprint density at radius 3 is 2.86 bits per heavy atom. The molecule has 182 valence electrons. The van der Waals surface area contributed by atoms with Crippen molar-refractivity contribution in [3.05, 3.63) is 81.1 Å². The van der Waals surface area contributed by atoms with E-state index in [1.54, 1.807) is 36.1 Å². The average molecular weight is 487 g/mol. The van der Waals surface area contributed by atoms with Crippen LogP contribution in [0.1, 0.15) is 57.5 Å². The first kappa shape index (κ1) is 22.9. The molecule has 4 aromatic rings. The summed E-state index contributed by atoms with van der Waals surface area (Å²) in [5.41, 5.74) is 1.68. The molecule has 4 heterocycles. The number of hydrogen-bond acceptors (Lipinski definition) is 9. The molecule has 2 atom stereocenters. The Hall–Kier alpha value is -4.92. The standard InChI is InChI=1S/C24H21N7O5/c1-12(22-29-20(21(32)24(34)30(22)2)23(33)28-14-8-27-36-10-14)18-15-9-26-31(3)16(15)11-35-17-6-4-5-13(7-25)19(17)18/h4-6,8-10,12,18,32H,11H2,1-3H3,(H,28,33). The molecule has 12 heteroatoms. The molecule has 0 fully saturated rings. The highest BCUT2D eigenvalue weighted by Gasteiger charge is 2.36. The van der Waals surface area contributed by atoms with E-state index in [1.807, 2.05) is 6.92 Å². The SMILES string of the molecule is CC(c1nc(C(=O)Nc2cnoc2)c(O)c(=O)n1C)C1c2cnn(C)c2COc2cccc(C#N)c21. The van der Waals surface area contributed by atoms with Gasteiger partial charge in [0, 0.05) is 37.1 Å². The molecule has 3 aromatic heterocycles. The van der Waals surface area contributed by atoms with Gasteiger partial charge in [0.2, 0.25) is 5.75 Å². The van der Waals surface area contributed by atoms with Crippen LogP contribution in [0.4, 0.5) is 5.69 Å². The second-order valence-electron chi connectivity index (χ2n) is 8.45. The number of fused-ring (bicyclic) bond motifs is 2. The number of nitrogens with one attached hydrogen (secondary N) is 1. The van der Waals surface area contributed by atoms with Crippen LogP contribution >= 0.6 is 0 Å². The van der Waals surface area contributed by atoms with Crippen molar-refractivity contribution in [2.75, 3.05) is 5.32 Å². The van der Waals surface area contributed by atoms with Crippen LogP contribution in [0.2, 0.25) is 0 Å². The smallest absolute Gasteiger partial charge is 0.296 e. The number of hydrogen-bond donors (Lipinski definition) is 2. The van der Waals surface area contributed by atoms with Gasteiger partial charge in [0.15, 0.2) is 5.69 Å². The van der Waals surface area contributed by atoms with Crippen molar-refractivity contribution < 1.29 is 19.2 Å². The number of anilines is 1. The van der Waals surface area contributed by atoms with Crippen LogP contribution < -0.4 is 15.6 Å². The van der Waals surface area contributed by atoms with Crippen molar-refractivity contribution in [3.63, 3.8) is 0 Å². The molecule has 2 N–H and O–H groups in total. The molecule has 1 aliphatic rings. The highest BCUT2D eigenvalue weighted by molar-refractivity contribution is 6.04. The van der Waals surface area contributed by atoms with Crippen LogP contribution in [0.5, 0.6) is 11.5 Å². The van der Waals surface area contributed by atoms with E-state index in [2.05, 4.69) is 26.6 Å². The third kappa shape index (κ3) is 3.58. The zero-order valence-electron chi connectivity index (χ0n) is 19.6. The van der Waals surface area contributed by atoms with Gasteiger partial charge in [0.1, 0.15) is 30.1 Å². The second kappa shape index (κ2) is 8.70. The summed E-state index contributed by atoms with van der Waals surface area (Å²) in [7, 11) is 3.27. The van der Waals surface area contributed by atoms with Crippen molar-refractivity contribution in [1.82, 2.24) is 24.5 Å². The number of benzene rings is 1. The number of carbonyl (C=O) groups excluding carboxylic acids is 1. The number of nitriles is 1. The highest BCUT2D eigenvalue weighted by Crippen LogP contribution is 2.46. The monoisotopic (exact) mass is 487 g/mol. The topological polar surface area (TPSA) is 161 Å². The van der Waals surface area contributed by atoms with Gasteiger partial charge < -0.3 is 19.7 Å². The van der Waals surface area contributed by atoms with E-state index in [1.165, 1.54) is 24.1 Å². The number of ether oxygens (including phenoxy) is 1. The summed E-state index contributed by atoms with van der Waals surface area (Å²) in [5, 5.41) is 30.7. The van der Waals surface area contributed by atoms with E-state index < -0.39 is 34.7 Å². The summed E-state index contributed by atoms with van der Waals surface area (Å²) in [4.78, 5) is 30.3. The minimum Gasteiger partial charge on any atom is -0.501 e. The maximum Gasteiger partial charge on any atom is 0.296 e. The first-order chi connectivity index (χ1) is 17.3. The number of carbonyl (C=O) groups is 1. The van der Waals surface area contributed by atoms with Crippen molar-refractivity contribution in [2.24, 2.45) is 14.1 Å². The molecule has 0 radical (unpaired) electrons.